The van der Waals surface area contributed by atoms with Gasteiger partial charge in [-0.2, -0.15) is 9.97 Å². The predicted molar refractivity (Wildman–Crippen MR) is 113 cm³/mol. The molecular formula is C20H20N8O5-2. The Hall–Kier alpha value is -4.55. The average molecular weight is 452 g/mol. The number of carboxylic acids is 2. The van der Waals surface area contributed by atoms with E-state index in [9.17, 15) is 24.6 Å². The van der Waals surface area contributed by atoms with Gasteiger partial charge in [0.2, 0.25) is 5.95 Å². The van der Waals surface area contributed by atoms with Gasteiger partial charge in [-0.15, -0.1) is 0 Å². The van der Waals surface area contributed by atoms with Crippen LogP contribution in [-0.2, 0) is 16.1 Å². The molecule has 0 aliphatic heterocycles. The molecule has 0 bridgehead atoms. The number of fused-ring (bicyclic) bond motifs is 1. The van der Waals surface area contributed by atoms with Crippen LogP contribution >= 0.6 is 0 Å². The molecule has 0 aliphatic rings. The fraction of sp³-hybridized carbons (Fsp3) is 0.250. The smallest absolute Gasteiger partial charge is 0.251 e. The van der Waals surface area contributed by atoms with E-state index in [0.717, 1.165) is 5.69 Å². The Morgan fingerprint density at radius 2 is 1.79 bits per heavy atom. The van der Waals surface area contributed by atoms with E-state index in [1.165, 1.54) is 12.1 Å². The standard InChI is InChI=1S/C20H22N8O5/c1-28(9-11-8-23-17-15(24-11)16(21)26-20(22)27-17)12-4-2-10(3-5-12)18(31)25-13(19(32)33)6-7-14(29)30/h2-5,8,13H,6-7,9H2,1H3,(H,25,31)(H,29,30)(H,32,33)(H4,21,22,23,26,27)/p-2/t13-/m0/s1. The van der Waals surface area contributed by atoms with E-state index in [1.807, 2.05) is 4.90 Å². The molecule has 13 nitrogen and oxygen atoms in total. The lowest BCUT2D eigenvalue weighted by Gasteiger charge is -2.21. The largest absolute Gasteiger partial charge is 0.550 e. The Labute approximate surface area is 187 Å². The number of hydrogen-bond donors (Lipinski definition) is 3. The lowest BCUT2D eigenvalue weighted by atomic mass is 10.1. The summed E-state index contributed by atoms with van der Waals surface area (Å²) in [5.74, 6) is -3.54. The number of aromatic nitrogens is 4. The zero-order valence-corrected chi connectivity index (χ0v) is 17.5. The van der Waals surface area contributed by atoms with Crippen LogP contribution in [0, 0.1) is 0 Å². The molecule has 2 aromatic heterocycles. The van der Waals surface area contributed by atoms with Gasteiger partial charge >= 0.3 is 0 Å². The topological polar surface area (TPSA) is 216 Å². The molecule has 2 heterocycles. The molecule has 1 aromatic carbocycles. The second kappa shape index (κ2) is 9.72. The van der Waals surface area contributed by atoms with Gasteiger partial charge in [0.15, 0.2) is 17.0 Å². The van der Waals surface area contributed by atoms with Crippen molar-refractivity contribution >= 4 is 46.5 Å². The molecule has 1 amide bonds. The molecule has 33 heavy (non-hydrogen) atoms. The summed E-state index contributed by atoms with van der Waals surface area (Å²) < 4.78 is 0. The number of aliphatic carboxylic acids is 2. The van der Waals surface area contributed by atoms with Gasteiger partial charge in [-0.25, -0.2) is 9.97 Å². The van der Waals surface area contributed by atoms with Crippen molar-refractivity contribution < 1.29 is 24.6 Å². The molecule has 0 unspecified atom stereocenters. The number of nitrogens with zero attached hydrogens (tertiary/aromatic N) is 5. The number of carbonyl (C=O) groups is 3. The van der Waals surface area contributed by atoms with E-state index in [0.29, 0.717) is 17.8 Å². The molecule has 172 valence electrons. The number of carboxylic acid groups (broad SMARTS) is 2. The van der Waals surface area contributed by atoms with E-state index in [-0.39, 0.29) is 29.4 Å². The molecule has 13 heteroatoms. The van der Waals surface area contributed by atoms with E-state index < -0.39 is 30.3 Å². The normalized spacial score (nSPS) is 11.7. The molecule has 5 N–H and O–H groups in total. The van der Waals surface area contributed by atoms with Gasteiger partial charge < -0.3 is 41.5 Å². The fourth-order valence-corrected chi connectivity index (χ4v) is 3.01. The van der Waals surface area contributed by atoms with Gasteiger partial charge in [0, 0.05) is 24.3 Å². The number of hydrogen-bond acceptors (Lipinski definition) is 12. The Bertz CT molecular complexity index is 1200. The second-order valence-corrected chi connectivity index (χ2v) is 7.16. The summed E-state index contributed by atoms with van der Waals surface area (Å²) in [5.41, 5.74) is 13.6. The Morgan fingerprint density at radius 3 is 2.42 bits per heavy atom. The lowest BCUT2D eigenvalue weighted by molar-refractivity contribution is -0.309. The minimum Gasteiger partial charge on any atom is -0.550 e. The van der Waals surface area contributed by atoms with Gasteiger partial charge in [0.25, 0.3) is 5.91 Å². The zero-order chi connectivity index (χ0) is 24.1. The van der Waals surface area contributed by atoms with E-state index in [2.05, 4.69) is 25.3 Å². The number of amides is 1. The third-order valence-corrected chi connectivity index (χ3v) is 4.70. The minimum atomic E-state index is -1.58. The molecule has 1 atom stereocenters. The number of rotatable bonds is 9. The summed E-state index contributed by atoms with van der Waals surface area (Å²) in [4.78, 5) is 52.3. The Balaban J connectivity index is 1.67. The summed E-state index contributed by atoms with van der Waals surface area (Å²) in [6, 6.07) is 4.89. The number of nitrogens with one attached hydrogen (secondary N) is 1. The molecule has 0 spiro atoms. The minimum absolute atomic E-state index is 0.00753. The highest BCUT2D eigenvalue weighted by molar-refractivity contribution is 5.96. The zero-order valence-electron chi connectivity index (χ0n) is 17.5. The Kier molecular flexibility index (Phi) is 6.81. The van der Waals surface area contributed by atoms with Crippen LogP contribution in [0.1, 0.15) is 28.9 Å². The van der Waals surface area contributed by atoms with Crippen LogP contribution in [0.3, 0.4) is 0 Å². The number of carbonyl (C=O) groups excluding carboxylic acids is 3. The van der Waals surface area contributed by atoms with Crippen LogP contribution in [0.2, 0.25) is 0 Å². The van der Waals surface area contributed by atoms with E-state index in [4.69, 9.17) is 11.5 Å². The first-order chi connectivity index (χ1) is 15.6. The van der Waals surface area contributed by atoms with Crippen molar-refractivity contribution in [1.29, 1.82) is 0 Å². The van der Waals surface area contributed by atoms with Gasteiger partial charge in [-0.05, 0) is 37.1 Å². The second-order valence-electron chi connectivity index (χ2n) is 7.16. The van der Waals surface area contributed by atoms with Gasteiger partial charge in [-0.1, -0.05) is 0 Å². The summed E-state index contributed by atoms with van der Waals surface area (Å²) in [6.07, 6.45) is 0.677. The Morgan fingerprint density at radius 1 is 1.09 bits per heavy atom. The molecule has 0 saturated heterocycles. The van der Waals surface area contributed by atoms with Crippen molar-refractivity contribution in [2.45, 2.75) is 25.4 Å². The first-order valence-corrected chi connectivity index (χ1v) is 9.71. The van der Waals surface area contributed by atoms with Crippen molar-refractivity contribution in [2.75, 3.05) is 23.4 Å². The molecular weight excluding hydrogens is 432 g/mol. The number of benzene rings is 1. The fourth-order valence-electron chi connectivity index (χ4n) is 3.01. The van der Waals surface area contributed by atoms with Crippen molar-refractivity contribution in [2.24, 2.45) is 0 Å². The molecule has 0 radical (unpaired) electrons. The van der Waals surface area contributed by atoms with Crippen LogP contribution < -0.4 is 31.9 Å². The lowest BCUT2D eigenvalue weighted by Crippen LogP contribution is -2.48. The van der Waals surface area contributed by atoms with Crippen LogP contribution in [0.25, 0.3) is 11.2 Å². The van der Waals surface area contributed by atoms with E-state index in [1.54, 1.807) is 25.4 Å². The summed E-state index contributed by atoms with van der Waals surface area (Å²) in [5, 5.41) is 23.9. The third kappa shape index (κ3) is 5.78. The SMILES string of the molecule is CN(Cc1cnc2nc(N)nc(N)c2n1)c1ccc(C(=O)N[C@@H](CCC(=O)[O-])C(=O)[O-])cc1. The average Bonchev–Trinajstić information content (AvgIpc) is 2.76. The highest BCUT2D eigenvalue weighted by Crippen LogP contribution is 2.18. The van der Waals surface area contributed by atoms with Crippen molar-refractivity contribution in [3.63, 3.8) is 0 Å². The van der Waals surface area contributed by atoms with Crippen LogP contribution in [-0.4, -0.2) is 50.9 Å². The van der Waals surface area contributed by atoms with Gasteiger partial charge in [0.05, 0.1) is 30.4 Å². The van der Waals surface area contributed by atoms with Crippen molar-refractivity contribution in [1.82, 2.24) is 25.3 Å². The summed E-state index contributed by atoms with van der Waals surface area (Å²) >= 11 is 0. The molecule has 3 rings (SSSR count). The maximum atomic E-state index is 12.3. The van der Waals surface area contributed by atoms with Crippen LogP contribution in [0.15, 0.2) is 30.5 Å². The highest BCUT2D eigenvalue weighted by atomic mass is 16.4. The van der Waals surface area contributed by atoms with Crippen LogP contribution in [0.5, 0.6) is 0 Å². The summed E-state index contributed by atoms with van der Waals surface area (Å²) in [6.45, 7) is 0.355. The number of nitrogens with two attached hydrogens (primary N) is 2. The van der Waals surface area contributed by atoms with Crippen molar-refractivity contribution in [3.8, 4) is 0 Å². The highest BCUT2D eigenvalue weighted by Gasteiger charge is 2.16. The molecule has 0 saturated carbocycles. The third-order valence-electron chi connectivity index (χ3n) is 4.70. The van der Waals surface area contributed by atoms with Gasteiger partial charge in [0.1, 0.15) is 0 Å². The van der Waals surface area contributed by atoms with Crippen LogP contribution in [0.4, 0.5) is 17.5 Å². The predicted octanol–water partition coefficient (Wildman–Crippen LogP) is -2.40. The van der Waals surface area contributed by atoms with E-state index >= 15 is 0 Å². The first kappa shape index (κ1) is 23.1. The van der Waals surface area contributed by atoms with Gasteiger partial charge in [-0.3, -0.25) is 4.79 Å². The number of nitrogen functional groups attached to an aromatic ring is 2. The monoisotopic (exact) mass is 452 g/mol. The molecule has 0 aliphatic carbocycles. The molecule has 0 fully saturated rings. The van der Waals surface area contributed by atoms with Crippen molar-refractivity contribution in [3.05, 3.63) is 41.7 Å². The summed E-state index contributed by atoms with van der Waals surface area (Å²) in [7, 11) is 1.80. The maximum absolute atomic E-state index is 12.3. The maximum Gasteiger partial charge on any atom is 0.251 e. The molecule has 3 aromatic rings. The first-order valence-electron chi connectivity index (χ1n) is 9.71. The number of anilines is 3. The quantitative estimate of drug-likeness (QED) is 0.309.